The Morgan fingerprint density at radius 3 is 2.05 bits per heavy atom. The first kappa shape index (κ1) is 16.0. The van der Waals surface area contributed by atoms with Gasteiger partial charge >= 0.3 is 0 Å². The number of rotatable bonds is 1. The summed E-state index contributed by atoms with van der Waals surface area (Å²) in [5.74, 6) is -0.296. The second-order valence-electron chi connectivity index (χ2n) is 4.28. The lowest BCUT2D eigenvalue weighted by atomic mass is 9.98. The van der Waals surface area contributed by atoms with Gasteiger partial charge in [-0.05, 0) is 0 Å². The third-order valence-electron chi connectivity index (χ3n) is 2.81. The van der Waals surface area contributed by atoms with E-state index >= 15 is 0 Å². The summed E-state index contributed by atoms with van der Waals surface area (Å²) < 4.78 is 4.70. The Hall–Kier alpha value is -1.10. The van der Waals surface area contributed by atoms with Crippen LogP contribution in [0.5, 0.6) is 0 Å². The minimum Gasteiger partial charge on any atom is -0.394 e. The zero-order chi connectivity index (χ0) is 14.6. The summed E-state index contributed by atoms with van der Waals surface area (Å²) in [4.78, 5) is 20.2. The molecule has 0 saturated carbocycles. The van der Waals surface area contributed by atoms with Gasteiger partial charge in [0.15, 0.2) is 6.29 Å². The molecule has 0 radical (unpaired) electrons. The van der Waals surface area contributed by atoms with Gasteiger partial charge in [-0.1, -0.05) is 0 Å². The fourth-order valence-corrected chi connectivity index (χ4v) is 1.63. The molecule has 5 atom stereocenters. The van der Waals surface area contributed by atoms with Gasteiger partial charge in [-0.3, -0.25) is 14.9 Å². The largest absolute Gasteiger partial charge is 0.394 e. The lowest BCUT2D eigenvalue weighted by Gasteiger charge is -2.38. The van der Waals surface area contributed by atoms with Crippen molar-refractivity contribution in [2.24, 2.45) is 5.73 Å². The van der Waals surface area contributed by atoms with Crippen molar-refractivity contribution >= 4 is 11.8 Å². The van der Waals surface area contributed by atoms with E-state index in [1.54, 1.807) is 0 Å². The van der Waals surface area contributed by atoms with Crippen LogP contribution in [0.1, 0.15) is 12.8 Å². The minimum absolute atomic E-state index is 0.148. The number of hydrogen-bond acceptors (Lipinski definition) is 8. The van der Waals surface area contributed by atoms with Gasteiger partial charge in [0.1, 0.15) is 18.3 Å². The zero-order valence-electron chi connectivity index (χ0n) is 10.1. The number of imide groups is 1. The fourth-order valence-electron chi connectivity index (χ4n) is 1.63. The first-order valence-electron chi connectivity index (χ1n) is 5.75. The quantitative estimate of drug-likeness (QED) is 0.266. The van der Waals surface area contributed by atoms with Crippen LogP contribution in [0.25, 0.3) is 0 Å². The third kappa shape index (κ3) is 4.20. The Morgan fingerprint density at radius 2 is 1.68 bits per heavy atom. The summed E-state index contributed by atoms with van der Waals surface area (Å²) in [6, 6.07) is -1.04. The van der Waals surface area contributed by atoms with Crippen molar-refractivity contribution in [1.82, 2.24) is 5.32 Å². The average molecular weight is 278 g/mol. The van der Waals surface area contributed by atoms with Gasteiger partial charge in [0.25, 0.3) is 0 Å². The molecule has 2 aliphatic rings. The topological polar surface area (TPSA) is 162 Å². The highest BCUT2D eigenvalue weighted by atomic mass is 16.6. The molecule has 0 aromatic carbocycles. The summed E-state index contributed by atoms with van der Waals surface area (Å²) in [5, 5.41) is 38.2. The molecule has 1 unspecified atom stereocenters. The first-order chi connectivity index (χ1) is 8.86. The summed E-state index contributed by atoms with van der Waals surface area (Å²) in [6.45, 7) is -0.470. The van der Waals surface area contributed by atoms with E-state index in [1.807, 2.05) is 0 Å². The van der Waals surface area contributed by atoms with Crippen LogP contribution in [0, 0.1) is 0 Å². The van der Waals surface area contributed by atoms with Crippen molar-refractivity contribution < 1.29 is 34.8 Å². The van der Waals surface area contributed by atoms with Gasteiger partial charge in [-0.25, -0.2) is 0 Å². The standard InChI is InChI=1S/C6H13NO5.C4H5NO2/c7-3-5(10)4(9)2(1-8)12-6(3)11;6-3-1-2-4(7)5-3/h2-6,8-11H,1,7H2;1-2H2,(H,5,6,7)/t2-,3-,4+,5-,6?;/m1./s1. The highest BCUT2D eigenvalue weighted by molar-refractivity contribution is 6.01. The second-order valence-corrected chi connectivity index (χ2v) is 4.28. The van der Waals surface area contributed by atoms with Crippen LogP contribution in [0.2, 0.25) is 0 Å². The third-order valence-corrected chi connectivity index (χ3v) is 2.81. The molecule has 110 valence electrons. The Morgan fingerprint density at radius 1 is 1.16 bits per heavy atom. The zero-order valence-corrected chi connectivity index (χ0v) is 10.1. The molecule has 0 aromatic rings. The van der Waals surface area contributed by atoms with E-state index < -0.39 is 37.3 Å². The van der Waals surface area contributed by atoms with E-state index in [9.17, 15) is 19.8 Å². The molecule has 9 heteroatoms. The number of nitrogens with two attached hydrogens (primary N) is 1. The Labute approximate surface area is 109 Å². The molecule has 2 rings (SSSR count). The van der Waals surface area contributed by atoms with E-state index in [2.05, 4.69) is 5.32 Å². The molecule has 0 spiro atoms. The van der Waals surface area contributed by atoms with Gasteiger partial charge in [-0.2, -0.15) is 0 Å². The highest BCUT2D eigenvalue weighted by Gasteiger charge is 2.41. The van der Waals surface area contributed by atoms with E-state index in [1.165, 1.54) is 0 Å². The molecule has 9 nitrogen and oxygen atoms in total. The Bertz CT molecular complexity index is 319. The van der Waals surface area contributed by atoms with Crippen LogP contribution in [0.15, 0.2) is 0 Å². The van der Waals surface area contributed by atoms with Crippen LogP contribution in [-0.2, 0) is 14.3 Å². The van der Waals surface area contributed by atoms with Crippen molar-refractivity contribution in [3.63, 3.8) is 0 Å². The number of nitrogens with one attached hydrogen (secondary N) is 1. The average Bonchev–Trinajstić information content (AvgIpc) is 2.76. The molecule has 19 heavy (non-hydrogen) atoms. The van der Waals surface area contributed by atoms with Crippen LogP contribution < -0.4 is 11.1 Å². The van der Waals surface area contributed by atoms with Crippen LogP contribution in [0.4, 0.5) is 0 Å². The number of amides is 2. The lowest BCUT2D eigenvalue weighted by Crippen LogP contribution is -2.61. The summed E-state index contributed by atoms with van der Waals surface area (Å²) in [5.41, 5.74) is 5.26. The maximum atomic E-state index is 10.1. The van der Waals surface area contributed by atoms with Crippen LogP contribution in [-0.4, -0.2) is 69.5 Å². The van der Waals surface area contributed by atoms with Crippen molar-refractivity contribution in [1.29, 1.82) is 0 Å². The summed E-state index contributed by atoms with van der Waals surface area (Å²) in [7, 11) is 0. The summed E-state index contributed by atoms with van der Waals surface area (Å²) >= 11 is 0. The number of hydrogen-bond donors (Lipinski definition) is 6. The summed E-state index contributed by atoms with van der Waals surface area (Å²) in [6.07, 6.45) is -4.10. The van der Waals surface area contributed by atoms with Gasteiger partial charge in [-0.15, -0.1) is 0 Å². The molecule has 7 N–H and O–H groups in total. The minimum atomic E-state index is -1.35. The lowest BCUT2D eigenvalue weighted by molar-refractivity contribution is -0.248. The Balaban J connectivity index is 0.000000218. The van der Waals surface area contributed by atoms with Gasteiger partial charge < -0.3 is 30.9 Å². The smallest absolute Gasteiger partial charge is 0.227 e. The van der Waals surface area contributed by atoms with Crippen molar-refractivity contribution in [3.8, 4) is 0 Å². The Kier molecular flexibility index (Phi) is 5.79. The monoisotopic (exact) mass is 278 g/mol. The first-order valence-corrected chi connectivity index (χ1v) is 5.75. The van der Waals surface area contributed by atoms with Crippen LogP contribution >= 0.6 is 0 Å². The molecule has 2 heterocycles. The maximum absolute atomic E-state index is 10.1. The molecule has 0 aliphatic carbocycles. The number of aliphatic hydroxyl groups excluding tert-OH is 4. The number of aliphatic hydroxyl groups is 4. The molecule has 0 bridgehead atoms. The van der Waals surface area contributed by atoms with Crippen molar-refractivity contribution in [2.45, 2.75) is 43.5 Å². The van der Waals surface area contributed by atoms with Gasteiger partial charge in [0.2, 0.25) is 11.8 Å². The van der Waals surface area contributed by atoms with E-state index in [0.29, 0.717) is 12.8 Å². The molecule has 2 amide bonds. The molecule has 2 fully saturated rings. The maximum Gasteiger partial charge on any atom is 0.227 e. The molecular formula is C10H18N2O7. The van der Waals surface area contributed by atoms with Crippen molar-refractivity contribution in [2.75, 3.05) is 6.61 Å². The fraction of sp³-hybridized carbons (Fsp3) is 0.800. The van der Waals surface area contributed by atoms with Crippen molar-refractivity contribution in [3.05, 3.63) is 0 Å². The number of carbonyl (C=O) groups is 2. The van der Waals surface area contributed by atoms with E-state index in [0.717, 1.165) is 0 Å². The SMILES string of the molecule is N[C@H]1C(O)O[C@H](CO)[C@H](O)[C@@H]1O.O=C1CCC(=O)N1. The molecular weight excluding hydrogens is 260 g/mol. The predicted octanol–water partition coefficient (Wildman–Crippen LogP) is -3.83. The number of carbonyl (C=O) groups excluding carboxylic acids is 2. The molecule has 2 aliphatic heterocycles. The number of ether oxygens (including phenoxy) is 1. The van der Waals surface area contributed by atoms with E-state index in [-0.39, 0.29) is 11.8 Å². The second kappa shape index (κ2) is 6.89. The normalized spacial score (nSPS) is 38.5. The predicted molar refractivity (Wildman–Crippen MR) is 60.3 cm³/mol. The highest BCUT2D eigenvalue weighted by Crippen LogP contribution is 2.17. The molecule has 2 saturated heterocycles. The van der Waals surface area contributed by atoms with Crippen LogP contribution in [0.3, 0.4) is 0 Å². The van der Waals surface area contributed by atoms with E-state index in [4.69, 9.17) is 20.7 Å². The van der Waals surface area contributed by atoms with Gasteiger partial charge in [0, 0.05) is 12.8 Å². The van der Waals surface area contributed by atoms with Gasteiger partial charge in [0.05, 0.1) is 12.6 Å². The molecule has 0 aromatic heterocycles.